The average Bonchev–Trinajstić information content (AvgIpc) is 2.74. The molecule has 138 valence electrons. The van der Waals surface area contributed by atoms with Crippen LogP contribution in [0.4, 0.5) is 13.2 Å². The number of pyridine rings is 1. The van der Waals surface area contributed by atoms with Gasteiger partial charge in [-0.1, -0.05) is 66.7 Å². The quantitative estimate of drug-likeness (QED) is 0.372. The second-order valence-corrected chi connectivity index (χ2v) is 6.42. The molecule has 0 spiro atoms. The summed E-state index contributed by atoms with van der Waals surface area (Å²) in [6, 6.07) is 26.1. The van der Waals surface area contributed by atoms with Gasteiger partial charge in [0.25, 0.3) is 0 Å². The van der Waals surface area contributed by atoms with E-state index in [9.17, 15) is 13.2 Å². The van der Waals surface area contributed by atoms with Crippen molar-refractivity contribution in [2.24, 2.45) is 0 Å². The largest absolute Gasteiger partial charge is 0.417 e. The number of aromatic nitrogens is 1. The van der Waals surface area contributed by atoms with Crippen molar-refractivity contribution in [2.45, 2.75) is 6.18 Å². The van der Waals surface area contributed by atoms with E-state index in [4.69, 9.17) is 0 Å². The fraction of sp³-hybridized carbons (Fsp3) is 0.0417. The molecule has 4 aromatic rings. The zero-order valence-corrected chi connectivity index (χ0v) is 14.8. The van der Waals surface area contributed by atoms with Gasteiger partial charge in [-0.3, -0.25) is 4.98 Å². The van der Waals surface area contributed by atoms with Crippen LogP contribution in [0.3, 0.4) is 0 Å². The minimum Gasteiger partial charge on any atom is -0.256 e. The highest BCUT2D eigenvalue weighted by Gasteiger charge is 2.34. The average molecular weight is 375 g/mol. The summed E-state index contributed by atoms with van der Waals surface area (Å²) in [5, 5.41) is 0. The van der Waals surface area contributed by atoms with E-state index in [1.165, 1.54) is 6.07 Å². The van der Waals surface area contributed by atoms with E-state index in [0.29, 0.717) is 11.1 Å². The lowest BCUT2D eigenvalue weighted by Crippen LogP contribution is -2.07. The van der Waals surface area contributed by atoms with Crippen LogP contribution in [0.5, 0.6) is 0 Å². The highest BCUT2D eigenvalue weighted by Crippen LogP contribution is 2.40. The van der Waals surface area contributed by atoms with Crippen molar-refractivity contribution in [1.82, 2.24) is 4.98 Å². The Hall–Kier alpha value is -3.40. The van der Waals surface area contributed by atoms with Crippen LogP contribution in [0, 0.1) is 0 Å². The Morgan fingerprint density at radius 1 is 0.571 bits per heavy atom. The zero-order valence-electron chi connectivity index (χ0n) is 14.8. The highest BCUT2D eigenvalue weighted by atomic mass is 19.4. The van der Waals surface area contributed by atoms with E-state index < -0.39 is 11.7 Å². The lowest BCUT2D eigenvalue weighted by Gasteiger charge is -2.16. The van der Waals surface area contributed by atoms with Crippen molar-refractivity contribution in [2.75, 3.05) is 0 Å². The van der Waals surface area contributed by atoms with Gasteiger partial charge >= 0.3 is 6.18 Å². The van der Waals surface area contributed by atoms with Gasteiger partial charge in [-0.25, -0.2) is 0 Å². The molecule has 0 amide bonds. The summed E-state index contributed by atoms with van der Waals surface area (Å²) in [6.45, 7) is 0. The predicted octanol–water partition coefficient (Wildman–Crippen LogP) is 7.10. The van der Waals surface area contributed by atoms with Gasteiger partial charge in [-0.05, 0) is 46.5 Å². The number of alkyl halides is 3. The lowest BCUT2D eigenvalue weighted by molar-refractivity contribution is -0.137. The first-order chi connectivity index (χ1) is 13.5. The monoisotopic (exact) mass is 375 g/mol. The molecule has 0 fully saturated rings. The molecule has 0 saturated heterocycles. The summed E-state index contributed by atoms with van der Waals surface area (Å²) in [5.74, 6) is 0. The number of benzene rings is 3. The molecular formula is C24H16F3N. The standard InChI is InChI=1S/C24H16F3N/c25-24(26,27)22-16-18(17-7-2-1-3-8-17)12-13-21(22)19-9-6-10-20(15-19)23-11-4-5-14-28-23/h1-16H. The molecule has 4 heteroatoms. The van der Waals surface area contributed by atoms with Crippen LogP contribution in [0.2, 0.25) is 0 Å². The molecule has 0 aliphatic carbocycles. The maximum absolute atomic E-state index is 13.8. The Balaban J connectivity index is 1.84. The van der Waals surface area contributed by atoms with Crippen LogP contribution < -0.4 is 0 Å². The number of nitrogens with zero attached hydrogens (tertiary/aromatic N) is 1. The summed E-state index contributed by atoms with van der Waals surface area (Å²) in [4.78, 5) is 4.29. The van der Waals surface area contributed by atoms with E-state index in [0.717, 1.165) is 16.8 Å². The zero-order chi connectivity index (χ0) is 19.6. The smallest absolute Gasteiger partial charge is 0.256 e. The normalized spacial score (nSPS) is 11.4. The van der Waals surface area contributed by atoms with Crippen LogP contribution in [-0.4, -0.2) is 4.98 Å². The molecule has 3 aromatic carbocycles. The van der Waals surface area contributed by atoms with Gasteiger partial charge in [0, 0.05) is 11.8 Å². The SMILES string of the molecule is FC(F)(F)c1cc(-c2ccccc2)ccc1-c1cccc(-c2ccccn2)c1. The first kappa shape index (κ1) is 18.0. The van der Waals surface area contributed by atoms with Crippen LogP contribution in [0.25, 0.3) is 33.5 Å². The van der Waals surface area contributed by atoms with Gasteiger partial charge in [0.1, 0.15) is 0 Å². The van der Waals surface area contributed by atoms with Crippen molar-refractivity contribution < 1.29 is 13.2 Å². The van der Waals surface area contributed by atoms with Gasteiger partial charge in [0.2, 0.25) is 0 Å². The molecule has 1 heterocycles. The molecule has 0 radical (unpaired) electrons. The summed E-state index contributed by atoms with van der Waals surface area (Å²) in [6.07, 6.45) is -2.79. The van der Waals surface area contributed by atoms with E-state index in [2.05, 4.69) is 4.98 Å². The van der Waals surface area contributed by atoms with Crippen molar-refractivity contribution in [3.05, 3.63) is 103 Å². The van der Waals surface area contributed by atoms with Crippen molar-refractivity contribution in [3.63, 3.8) is 0 Å². The van der Waals surface area contributed by atoms with E-state index in [1.807, 2.05) is 36.4 Å². The van der Waals surface area contributed by atoms with Crippen LogP contribution >= 0.6 is 0 Å². The fourth-order valence-electron chi connectivity index (χ4n) is 3.22. The van der Waals surface area contributed by atoms with Crippen LogP contribution in [-0.2, 0) is 6.18 Å². The van der Waals surface area contributed by atoms with Gasteiger partial charge in [-0.15, -0.1) is 0 Å². The van der Waals surface area contributed by atoms with Crippen molar-refractivity contribution in [3.8, 4) is 33.5 Å². The Morgan fingerprint density at radius 3 is 2.00 bits per heavy atom. The number of hydrogen-bond acceptors (Lipinski definition) is 1. The Labute approximate surface area is 161 Å². The summed E-state index contributed by atoms with van der Waals surface area (Å²) >= 11 is 0. The van der Waals surface area contributed by atoms with Gasteiger partial charge < -0.3 is 0 Å². The number of hydrogen-bond donors (Lipinski definition) is 0. The third kappa shape index (κ3) is 3.67. The third-order valence-electron chi connectivity index (χ3n) is 4.57. The molecule has 4 rings (SSSR count). The molecule has 28 heavy (non-hydrogen) atoms. The molecule has 1 aromatic heterocycles. The minimum absolute atomic E-state index is 0.157. The second kappa shape index (κ2) is 7.31. The van der Waals surface area contributed by atoms with Gasteiger partial charge in [0.15, 0.2) is 0 Å². The maximum atomic E-state index is 13.8. The molecule has 0 saturated carbocycles. The van der Waals surface area contributed by atoms with Crippen LogP contribution in [0.1, 0.15) is 5.56 Å². The maximum Gasteiger partial charge on any atom is 0.417 e. The Morgan fingerprint density at radius 2 is 1.29 bits per heavy atom. The predicted molar refractivity (Wildman–Crippen MR) is 106 cm³/mol. The molecule has 0 N–H and O–H groups in total. The second-order valence-electron chi connectivity index (χ2n) is 6.42. The summed E-state index contributed by atoms with van der Waals surface area (Å²) < 4.78 is 41.5. The summed E-state index contributed by atoms with van der Waals surface area (Å²) in [5.41, 5.74) is 2.81. The van der Waals surface area contributed by atoms with Gasteiger partial charge in [-0.2, -0.15) is 13.2 Å². The van der Waals surface area contributed by atoms with Crippen molar-refractivity contribution >= 4 is 0 Å². The molecular weight excluding hydrogens is 359 g/mol. The first-order valence-corrected chi connectivity index (χ1v) is 8.81. The molecule has 0 aliphatic heterocycles. The fourth-order valence-corrected chi connectivity index (χ4v) is 3.22. The molecule has 0 aliphatic rings. The highest BCUT2D eigenvalue weighted by molar-refractivity contribution is 5.77. The molecule has 0 atom stereocenters. The molecule has 0 bridgehead atoms. The van der Waals surface area contributed by atoms with Crippen molar-refractivity contribution in [1.29, 1.82) is 0 Å². The van der Waals surface area contributed by atoms with E-state index in [-0.39, 0.29) is 5.56 Å². The molecule has 0 unspecified atom stereocenters. The summed E-state index contributed by atoms with van der Waals surface area (Å²) in [7, 11) is 0. The first-order valence-electron chi connectivity index (χ1n) is 8.81. The van der Waals surface area contributed by atoms with E-state index in [1.54, 1.807) is 54.7 Å². The third-order valence-corrected chi connectivity index (χ3v) is 4.57. The number of halogens is 3. The van der Waals surface area contributed by atoms with Crippen LogP contribution in [0.15, 0.2) is 97.2 Å². The number of rotatable bonds is 3. The Kier molecular flexibility index (Phi) is 4.70. The minimum atomic E-state index is -4.46. The van der Waals surface area contributed by atoms with Gasteiger partial charge in [0.05, 0.1) is 11.3 Å². The topological polar surface area (TPSA) is 12.9 Å². The Bertz CT molecular complexity index is 1090. The van der Waals surface area contributed by atoms with E-state index >= 15 is 0 Å². The lowest BCUT2D eigenvalue weighted by atomic mass is 9.93. The molecule has 1 nitrogen and oxygen atoms in total.